The van der Waals surface area contributed by atoms with Crippen molar-refractivity contribution in [3.8, 4) is 17.2 Å². The van der Waals surface area contributed by atoms with E-state index in [1.54, 1.807) is 7.11 Å². The van der Waals surface area contributed by atoms with E-state index < -0.39 is 45.8 Å². The van der Waals surface area contributed by atoms with E-state index in [9.17, 15) is 40.7 Å². The molecule has 0 saturated carbocycles. The summed E-state index contributed by atoms with van der Waals surface area (Å²) in [5.41, 5.74) is -4.03. The van der Waals surface area contributed by atoms with Gasteiger partial charge in [-0.05, 0) is 68.5 Å². The van der Waals surface area contributed by atoms with Crippen molar-refractivity contribution in [2.75, 3.05) is 33.3 Å². The molecule has 15 heteroatoms. The van der Waals surface area contributed by atoms with Crippen molar-refractivity contribution in [2.24, 2.45) is 5.41 Å². The topological polar surface area (TPSA) is 90.3 Å². The number of carbonyl (C=O) groups excluding carboxylic acids is 2. The SMILES string of the molecule is COc1ccccc1Oc1ccccc1CN1CCC2(CC1)CCN(C(=O)c1ccc(=O)n(OC(=O)C(F)(F)F)c1C(F)(F)F)CC2. The number of piperidine rings is 2. The van der Waals surface area contributed by atoms with Gasteiger partial charge in [0.05, 0.1) is 12.7 Å². The minimum atomic E-state index is -5.67. The van der Waals surface area contributed by atoms with E-state index in [0.29, 0.717) is 48.8 Å². The molecule has 0 radical (unpaired) electrons. The highest BCUT2D eigenvalue weighted by atomic mass is 19.4. The average molecular weight is 668 g/mol. The largest absolute Gasteiger partial charge is 0.493 e. The molecule has 1 spiro atoms. The summed E-state index contributed by atoms with van der Waals surface area (Å²) in [6, 6.07) is 16.1. The average Bonchev–Trinajstić information content (AvgIpc) is 3.03. The predicted octanol–water partition coefficient (Wildman–Crippen LogP) is 5.70. The van der Waals surface area contributed by atoms with Crippen LogP contribution in [0.3, 0.4) is 0 Å². The van der Waals surface area contributed by atoms with Gasteiger partial charge in [0.2, 0.25) is 0 Å². The Morgan fingerprint density at radius 1 is 0.787 bits per heavy atom. The standard InChI is InChI=1S/C32H31F6N3O6/c1-45-24-8-4-5-9-25(24)46-23-7-3-2-6-21(23)20-39-16-12-30(13-17-39)14-18-40(19-15-30)28(43)22-10-11-26(42)41(27(22)31(33,34)35)47-29(44)32(36,37)38/h2-11H,12-20H2,1H3. The summed E-state index contributed by atoms with van der Waals surface area (Å²) in [5.74, 6) is -2.28. The zero-order chi connectivity index (χ0) is 34.0. The van der Waals surface area contributed by atoms with E-state index >= 15 is 0 Å². The molecule has 0 atom stereocenters. The Hall–Kier alpha value is -4.53. The molecule has 252 valence electrons. The van der Waals surface area contributed by atoms with E-state index in [0.717, 1.165) is 31.5 Å². The van der Waals surface area contributed by atoms with E-state index in [1.807, 2.05) is 48.5 Å². The van der Waals surface area contributed by atoms with E-state index in [1.165, 1.54) is 4.90 Å². The Kier molecular flexibility index (Phi) is 9.57. The fourth-order valence-electron chi connectivity index (χ4n) is 6.02. The first kappa shape index (κ1) is 33.8. The third-order valence-electron chi connectivity index (χ3n) is 8.64. The number of amides is 1. The molecule has 3 aromatic rings. The van der Waals surface area contributed by atoms with Crippen LogP contribution in [-0.2, 0) is 17.5 Å². The summed E-state index contributed by atoms with van der Waals surface area (Å²) in [4.78, 5) is 43.8. The number of para-hydroxylation sites is 3. The van der Waals surface area contributed by atoms with Crippen LogP contribution in [0.2, 0.25) is 0 Å². The smallest absolute Gasteiger partial charge is 0.493 e. The van der Waals surface area contributed by atoms with Gasteiger partial charge in [-0.2, -0.15) is 26.3 Å². The van der Waals surface area contributed by atoms with Gasteiger partial charge >= 0.3 is 18.3 Å². The van der Waals surface area contributed by atoms with Gasteiger partial charge in [-0.1, -0.05) is 30.3 Å². The lowest BCUT2D eigenvalue weighted by Crippen LogP contribution is -2.49. The molecule has 2 aliphatic rings. The Balaban J connectivity index is 1.23. The Morgan fingerprint density at radius 3 is 1.96 bits per heavy atom. The van der Waals surface area contributed by atoms with Gasteiger partial charge in [0, 0.05) is 31.3 Å². The molecular weight excluding hydrogens is 636 g/mol. The molecule has 9 nitrogen and oxygen atoms in total. The summed E-state index contributed by atoms with van der Waals surface area (Å²) in [7, 11) is 1.57. The maximum Gasteiger partial charge on any atom is 0.493 e. The second kappa shape index (κ2) is 13.3. The zero-order valence-corrected chi connectivity index (χ0v) is 25.2. The molecule has 5 rings (SSSR count). The minimum Gasteiger partial charge on any atom is -0.493 e. The molecule has 2 aliphatic heterocycles. The van der Waals surface area contributed by atoms with Crippen LogP contribution in [-0.4, -0.2) is 65.9 Å². The van der Waals surface area contributed by atoms with Crippen molar-refractivity contribution >= 4 is 11.9 Å². The van der Waals surface area contributed by atoms with Crippen molar-refractivity contribution in [3.63, 3.8) is 0 Å². The molecule has 3 heterocycles. The Labute approximate surface area is 265 Å². The number of benzene rings is 2. The number of pyridine rings is 1. The molecule has 2 aromatic carbocycles. The maximum atomic E-state index is 14.0. The molecule has 2 saturated heterocycles. The summed E-state index contributed by atoms with van der Waals surface area (Å²) in [6.07, 6.45) is -8.58. The van der Waals surface area contributed by atoms with Gasteiger partial charge < -0.3 is 19.2 Å². The zero-order valence-electron chi connectivity index (χ0n) is 25.2. The summed E-state index contributed by atoms with van der Waals surface area (Å²) < 4.78 is 90.9. The molecule has 1 amide bonds. The quantitative estimate of drug-likeness (QED) is 0.299. The number of ether oxygens (including phenoxy) is 2. The number of hydrogen-bond acceptors (Lipinski definition) is 7. The highest BCUT2D eigenvalue weighted by Gasteiger charge is 2.47. The van der Waals surface area contributed by atoms with Crippen molar-refractivity contribution in [2.45, 2.75) is 44.6 Å². The van der Waals surface area contributed by atoms with Crippen LogP contribution in [0.25, 0.3) is 0 Å². The normalized spacial score (nSPS) is 17.0. The first-order chi connectivity index (χ1) is 22.2. The number of aromatic nitrogens is 1. The number of likely N-dealkylation sites (tertiary alicyclic amines) is 2. The minimum absolute atomic E-state index is 0.104. The third-order valence-corrected chi connectivity index (χ3v) is 8.64. The van der Waals surface area contributed by atoms with Crippen molar-refractivity contribution in [1.29, 1.82) is 0 Å². The van der Waals surface area contributed by atoms with Crippen LogP contribution in [0.4, 0.5) is 26.3 Å². The van der Waals surface area contributed by atoms with Crippen LogP contribution in [0.1, 0.15) is 47.3 Å². The lowest BCUT2D eigenvalue weighted by atomic mass is 9.71. The Morgan fingerprint density at radius 2 is 1.36 bits per heavy atom. The second-order valence-corrected chi connectivity index (χ2v) is 11.5. The number of rotatable bonds is 7. The molecule has 0 aliphatic carbocycles. The maximum absolute atomic E-state index is 14.0. The lowest BCUT2D eigenvalue weighted by Gasteiger charge is -2.47. The molecule has 1 aromatic heterocycles. The van der Waals surface area contributed by atoms with Gasteiger partial charge in [0.1, 0.15) is 5.75 Å². The van der Waals surface area contributed by atoms with Gasteiger partial charge in [0.15, 0.2) is 17.2 Å². The monoisotopic (exact) mass is 667 g/mol. The van der Waals surface area contributed by atoms with Gasteiger partial charge in [-0.15, -0.1) is 4.73 Å². The molecule has 47 heavy (non-hydrogen) atoms. The number of hydrogen-bond donors (Lipinski definition) is 0. The molecular formula is C32H31F6N3O6. The van der Waals surface area contributed by atoms with Crippen molar-refractivity contribution in [1.82, 2.24) is 14.5 Å². The molecule has 2 fully saturated rings. The van der Waals surface area contributed by atoms with E-state index in [2.05, 4.69) is 9.74 Å². The van der Waals surface area contributed by atoms with Crippen molar-refractivity contribution in [3.05, 3.63) is 87.8 Å². The highest BCUT2D eigenvalue weighted by molar-refractivity contribution is 5.95. The van der Waals surface area contributed by atoms with Crippen LogP contribution in [0.5, 0.6) is 17.2 Å². The summed E-state index contributed by atoms with van der Waals surface area (Å²) in [5, 5.41) is 0. The molecule has 0 N–H and O–H groups in total. The fourth-order valence-corrected chi connectivity index (χ4v) is 6.02. The fraction of sp³-hybridized carbons (Fsp3) is 0.406. The predicted molar refractivity (Wildman–Crippen MR) is 155 cm³/mol. The number of methoxy groups -OCH3 is 1. The lowest BCUT2D eigenvalue weighted by molar-refractivity contribution is -0.204. The second-order valence-electron chi connectivity index (χ2n) is 11.5. The van der Waals surface area contributed by atoms with E-state index in [4.69, 9.17) is 9.47 Å². The number of halogens is 6. The first-order valence-electron chi connectivity index (χ1n) is 14.7. The van der Waals surface area contributed by atoms with Crippen LogP contribution in [0.15, 0.2) is 65.5 Å². The molecule has 0 bridgehead atoms. The van der Waals surface area contributed by atoms with E-state index in [-0.39, 0.29) is 18.5 Å². The first-order valence-corrected chi connectivity index (χ1v) is 14.7. The number of carbonyl (C=O) groups is 2. The third kappa shape index (κ3) is 7.56. The Bertz CT molecular complexity index is 1670. The summed E-state index contributed by atoms with van der Waals surface area (Å²) >= 11 is 0. The van der Waals surface area contributed by atoms with Crippen LogP contribution in [0, 0.1) is 5.41 Å². The summed E-state index contributed by atoms with van der Waals surface area (Å²) in [6.45, 7) is 2.32. The van der Waals surface area contributed by atoms with Crippen LogP contribution >= 0.6 is 0 Å². The van der Waals surface area contributed by atoms with Crippen molar-refractivity contribution < 1.29 is 50.2 Å². The van der Waals surface area contributed by atoms with Gasteiger partial charge in [-0.3, -0.25) is 14.5 Å². The van der Waals surface area contributed by atoms with Crippen LogP contribution < -0.4 is 19.9 Å². The van der Waals surface area contributed by atoms with Gasteiger partial charge in [0.25, 0.3) is 11.5 Å². The molecule has 0 unspecified atom stereocenters. The highest BCUT2D eigenvalue weighted by Crippen LogP contribution is 2.43. The number of nitrogens with zero attached hydrogens (tertiary/aromatic N) is 3. The number of alkyl halides is 6. The van der Waals surface area contributed by atoms with Gasteiger partial charge in [-0.25, -0.2) is 4.79 Å².